The Balaban J connectivity index is 2.21. The van der Waals surface area contributed by atoms with Gasteiger partial charge in [-0.3, -0.25) is 0 Å². The van der Waals surface area contributed by atoms with Gasteiger partial charge in [0.15, 0.2) is 0 Å². The zero-order valence-electron chi connectivity index (χ0n) is 9.81. The Hall–Kier alpha value is -1.61. The summed E-state index contributed by atoms with van der Waals surface area (Å²) in [5.74, 6) is 0. The first kappa shape index (κ1) is 11.9. The highest BCUT2D eigenvalue weighted by atomic mass is 32.2. The highest BCUT2D eigenvalue weighted by Crippen LogP contribution is 2.32. The lowest BCUT2D eigenvalue weighted by Crippen LogP contribution is -1.91. The molecule has 2 aromatic carbocycles. The minimum absolute atomic E-state index is 0.781. The number of hydrogen-bond acceptors (Lipinski definition) is 3. The molecule has 0 bridgehead atoms. The molecular weight excluding hydrogens is 228 g/mol. The number of aryl methyl sites for hydroxylation is 1. The SMILES string of the molecule is CCc1ccc(Sc2ccc(N)cc2)c(N)c1. The zero-order valence-corrected chi connectivity index (χ0v) is 10.6. The van der Waals surface area contributed by atoms with E-state index in [1.165, 1.54) is 5.56 Å². The number of anilines is 2. The summed E-state index contributed by atoms with van der Waals surface area (Å²) < 4.78 is 0. The smallest absolute Gasteiger partial charge is 0.0458 e. The first-order valence-electron chi connectivity index (χ1n) is 5.61. The van der Waals surface area contributed by atoms with Crippen molar-refractivity contribution in [2.75, 3.05) is 11.5 Å². The average Bonchev–Trinajstić information content (AvgIpc) is 2.34. The molecule has 0 spiro atoms. The molecule has 0 saturated carbocycles. The number of nitrogens with two attached hydrogens (primary N) is 2. The van der Waals surface area contributed by atoms with Crippen LogP contribution in [0.5, 0.6) is 0 Å². The predicted molar refractivity (Wildman–Crippen MR) is 75.2 cm³/mol. The summed E-state index contributed by atoms with van der Waals surface area (Å²) in [6, 6.07) is 14.1. The minimum Gasteiger partial charge on any atom is -0.399 e. The van der Waals surface area contributed by atoms with E-state index in [-0.39, 0.29) is 0 Å². The zero-order chi connectivity index (χ0) is 12.3. The Morgan fingerprint density at radius 2 is 1.71 bits per heavy atom. The number of hydrogen-bond donors (Lipinski definition) is 2. The number of rotatable bonds is 3. The van der Waals surface area contributed by atoms with Crippen molar-refractivity contribution in [2.24, 2.45) is 0 Å². The van der Waals surface area contributed by atoms with Crippen molar-refractivity contribution in [3.63, 3.8) is 0 Å². The van der Waals surface area contributed by atoms with Crippen molar-refractivity contribution in [3.8, 4) is 0 Å². The third-order valence-corrected chi connectivity index (χ3v) is 3.69. The molecule has 0 saturated heterocycles. The molecule has 0 aromatic heterocycles. The molecule has 17 heavy (non-hydrogen) atoms. The largest absolute Gasteiger partial charge is 0.399 e. The Labute approximate surface area is 106 Å². The summed E-state index contributed by atoms with van der Waals surface area (Å²) >= 11 is 1.66. The molecule has 0 atom stereocenters. The van der Waals surface area contributed by atoms with Gasteiger partial charge in [0.1, 0.15) is 0 Å². The topological polar surface area (TPSA) is 52.0 Å². The fraction of sp³-hybridized carbons (Fsp3) is 0.143. The highest BCUT2D eigenvalue weighted by Gasteiger charge is 2.02. The van der Waals surface area contributed by atoms with E-state index >= 15 is 0 Å². The van der Waals surface area contributed by atoms with Crippen LogP contribution in [0.3, 0.4) is 0 Å². The fourth-order valence-electron chi connectivity index (χ4n) is 1.57. The standard InChI is InChI=1S/C14H16N2S/c1-2-10-3-8-14(13(16)9-10)17-12-6-4-11(15)5-7-12/h3-9H,2,15-16H2,1H3. The summed E-state index contributed by atoms with van der Waals surface area (Å²) in [6.07, 6.45) is 1.01. The van der Waals surface area contributed by atoms with E-state index in [9.17, 15) is 0 Å². The Bertz CT molecular complexity index is 506. The van der Waals surface area contributed by atoms with Crippen molar-refractivity contribution in [1.29, 1.82) is 0 Å². The van der Waals surface area contributed by atoms with Gasteiger partial charge in [0.2, 0.25) is 0 Å². The average molecular weight is 244 g/mol. The lowest BCUT2D eigenvalue weighted by Gasteiger charge is -2.07. The maximum absolute atomic E-state index is 6.03. The van der Waals surface area contributed by atoms with Gasteiger partial charge in [-0.15, -0.1) is 0 Å². The molecule has 88 valence electrons. The van der Waals surface area contributed by atoms with Crippen molar-refractivity contribution >= 4 is 23.1 Å². The molecule has 0 fully saturated rings. The molecule has 2 aromatic rings. The van der Waals surface area contributed by atoms with Crippen LogP contribution in [0.2, 0.25) is 0 Å². The summed E-state index contributed by atoms with van der Waals surface area (Å²) in [5, 5.41) is 0. The molecule has 0 amide bonds. The van der Waals surface area contributed by atoms with Crippen molar-refractivity contribution < 1.29 is 0 Å². The summed E-state index contributed by atoms with van der Waals surface area (Å²) in [4.78, 5) is 2.24. The van der Waals surface area contributed by atoms with Gasteiger partial charge in [0, 0.05) is 21.2 Å². The maximum Gasteiger partial charge on any atom is 0.0458 e. The second-order valence-electron chi connectivity index (χ2n) is 3.90. The van der Waals surface area contributed by atoms with E-state index in [4.69, 9.17) is 11.5 Å². The van der Waals surface area contributed by atoms with Gasteiger partial charge in [0.25, 0.3) is 0 Å². The van der Waals surface area contributed by atoms with Gasteiger partial charge in [-0.05, 0) is 48.4 Å². The molecular formula is C14H16N2S. The van der Waals surface area contributed by atoms with Gasteiger partial charge < -0.3 is 11.5 Å². The summed E-state index contributed by atoms with van der Waals surface area (Å²) in [7, 11) is 0. The van der Waals surface area contributed by atoms with Crippen LogP contribution in [0, 0.1) is 0 Å². The summed E-state index contributed by atoms with van der Waals surface area (Å²) in [5.41, 5.74) is 14.6. The van der Waals surface area contributed by atoms with Gasteiger partial charge in [-0.25, -0.2) is 0 Å². The van der Waals surface area contributed by atoms with E-state index in [0.717, 1.165) is 27.6 Å². The van der Waals surface area contributed by atoms with Crippen LogP contribution in [0.25, 0.3) is 0 Å². The van der Waals surface area contributed by atoms with Crippen LogP contribution in [-0.4, -0.2) is 0 Å². The molecule has 2 rings (SSSR count). The van der Waals surface area contributed by atoms with Crippen LogP contribution >= 0.6 is 11.8 Å². The quantitative estimate of drug-likeness (QED) is 0.812. The first-order valence-corrected chi connectivity index (χ1v) is 6.42. The highest BCUT2D eigenvalue weighted by molar-refractivity contribution is 7.99. The number of benzene rings is 2. The first-order chi connectivity index (χ1) is 8.19. The fourth-order valence-corrected chi connectivity index (χ4v) is 2.41. The van der Waals surface area contributed by atoms with Crippen LogP contribution in [0.15, 0.2) is 52.3 Å². The molecule has 0 aliphatic rings. The van der Waals surface area contributed by atoms with Crippen molar-refractivity contribution in [2.45, 2.75) is 23.1 Å². The van der Waals surface area contributed by atoms with Crippen molar-refractivity contribution in [1.82, 2.24) is 0 Å². The monoisotopic (exact) mass is 244 g/mol. The minimum atomic E-state index is 0.781. The van der Waals surface area contributed by atoms with E-state index in [0.29, 0.717) is 0 Å². The third-order valence-electron chi connectivity index (χ3n) is 2.59. The van der Waals surface area contributed by atoms with E-state index in [1.54, 1.807) is 11.8 Å². The number of nitrogen functional groups attached to an aromatic ring is 2. The molecule has 0 heterocycles. The Kier molecular flexibility index (Phi) is 3.59. The van der Waals surface area contributed by atoms with Gasteiger partial charge in [-0.1, -0.05) is 24.8 Å². The molecule has 0 unspecified atom stereocenters. The summed E-state index contributed by atoms with van der Waals surface area (Å²) in [6.45, 7) is 2.13. The van der Waals surface area contributed by atoms with Crippen LogP contribution < -0.4 is 11.5 Å². The lowest BCUT2D eigenvalue weighted by molar-refractivity contribution is 1.13. The van der Waals surface area contributed by atoms with Gasteiger partial charge >= 0.3 is 0 Å². The van der Waals surface area contributed by atoms with E-state index < -0.39 is 0 Å². The molecule has 2 nitrogen and oxygen atoms in total. The van der Waals surface area contributed by atoms with E-state index in [2.05, 4.69) is 19.1 Å². The Morgan fingerprint density at radius 3 is 2.29 bits per heavy atom. The van der Waals surface area contributed by atoms with Crippen LogP contribution in [-0.2, 0) is 6.42 Å². The molecule has 3 heteroatoms. The molecule has 0 radical (unpaired) electrons. The molecule has 0 aliphatic carbocycles. The Morgan fingerprint density at radius 1 is 1.00 bits per heavy atom. The predicted octanol–water partition coefficient (Wildman–Crippen LogP) is 3.56. The van der Waals surface area contributed by atoms with Crippen molar-refractivity contribution in [3.05, 3.63) is 48.0 Å². The van der Waals surface area contributed by atoms with Gasteiger partial charge in [-0.2, -0.15) is 0 Å². The maximum atomic E-state index is 6.03. The molecule has 0 aliphatic heterocycles. The second-order valence-corrected chi connectivity index (χ2v) is 5.01. The van der Waals surface area contributed by atoms with Crippen LogP contribution in [0.4, 0.5) is 11.4 Å². The van der Waals surface area contributed by atoms with Crippen LogP contribution in [0.1, 0.15) is 12.5 Å². The van der Waals surface area contributed by atoms with Gasteiger partial charge in [0.05, 0.1) is 0 Å². The third kappa shape index (κ3) is 2.94. The molecule has 4 N–H and O–H groups in total. The normalized spacial score (nSPS) is 10.4. The van der Waals surface area contributed by atoms with E-state index in [1.807, 2.05) is 30.3 Å². The lowest BCUT2D eigenvalue weighted by atomic mass is 10.1. The second kappa shape index (κ2) is 5.15.